The minimum atomic E-state index is -4.41. The molecule has 1 unspecified atom stereocenters. The number of thiazole rings is 1. The van der Waals surface area contributed by atoms with Gasteiger partial charge in [0, 0.05) is 17.0 Å². The minimum Gasteiger partial charge on any atom is -0.348 e. The second kappa shape index (κ2) is 7.97. The summed E-state index contributed by atoms with van der Waals surface area (Å²) in [5.74, 6) is -0.319. The van der Waals surface area contributed by atoms with Crippen LogP contribution < -0.4 is 5.32 Å². The van der Waals surface area contributed by atoms with Gasteiger partial charge in [-0.2, -0.15) is 13.2 Å². The van der Waals surface area contributed by atoms with Crippen LogP contribution in [-0.2, 0) is 6.18 Å². The molecule has 1 amide bonds. The zero-order chi connectivity index (χ0) is 18.6. The highest BCUT2D eigenvalue weighted by Gasteiger charge is 2.30. The van der Waals surface area contributed by atoms with Gasteiger partial charge in [0.25, 0.3) is 5.91 Å². The summed E-state index contributed by atoms with van der Waals surface area (Å²) in [5, 5.41) is 4.80. The Balaban J connectivity index is 2.08. The first-order valence-electron chi connectivity index (χ1n) is 7.75. The molecule has 25 heavy (non-hydrogen) atoms. The highest BCUT2D eigenvalue weighted by molar-refractivity contribution is 7.13. The molecule has 0 bridgehead atoms. The third-order valence-corrected chi connectivity index (χ3v) is 4.45. The number of amides is 1. The van der Waals surface area contributed by atoms with Gasteiger partial charge >= 0.3 is 6.18 Å². The number of benzene rings is 1. The van der Waals surface area contributed by atoms with Crippen molar-refractivity contribution in [3.63, 3.8) is 0 Å². The van der Waals surface area contributed by atoms with Gasteiger partial charge in [-0.05, 0) is 46.1 Å². The largest absolute Gasteiger partial charge is 0.416 e. The summed E-state index contributed by atoms with van der Waals surface area (Å²) in [6, 6.07) is 4.92. The molecule has 0 aliphatic rings. The van der Waals surface area contributed by atoms with E-state index >= 15 is 0 Å². The van der Waals surface area contributed by atoms with Crippen LogP contribution in [0.4, 0.5) is 13.2 Å². The zero-order valence-corrected chi connectivity index (χ0v) is 15.0. The Bertz CT molecular complexity index is 728. The SMILES string of the molecule is CC(CCN(C)C)NC(=O)c1csc(-c2cccc(C(F)(F)F)c2)n1. The Morgan fingerprint density at radius 3 is 2.72 bits per heavy atom. The van der Waals surface area contributed by atoms with Crippen molar-refractivity contribution in [2.75, 3.05) is 20.6 Å². The highest BCUT2D eigenvalue weighted by atomic mass is 32.1. The second-order valence-electron chi connectivity index (χ2n) is 6.08. The van der Waals surface area contributed by atoms with E-state index in [0.29, 0.717) is 10.6 Å². The fourth-order valence-corrected chi connectivity index (χ4v) is 2.96. The molecule has 0 spiro atoms. The summed E-state index contributed by atoms with van der Waals surface area (Å²) in [7, 11) is 3.91. The molecular weight excluding hydrogens is 351 g/mol. The number of halogens is 3. The standard InChI is InChI=1S/C17H20F3N3OS/c1-11(7-8-23(2)3)21-15(24)14-10-25-16(22-14)12-5-4-6-13(9-12)17(18,19)20/h4-6,9-11H,7-8H2,1-3H3,(H,21,24). The topological polar surface area (TPSA) is 45.2 Å². The number of hydrogen-bond donors (Lipinski definition) is 1. The molecule has 8 heteroatoms. The van der Waals surface area contributed by atoms with Gasteiger partial charge in [0.15, 0.2) is 0 Å². The maximum absolute atomic E-state index is 12.8. The Labute approximate surface area is 148 Å². The Hall–Kier alpha value is -1.93. The fraction of sp³-hybridized carbons (Fsp3) is 0.412. The molecule has 1 aromatic heterocycles. The first kappa shape index (κ1) is 19.4. The monoisotopic (exact) mass is 371 g/mol. The molecule has 1 N–H and O–H groups in total. The van der Waals surface area contributed by atoms with Crippen molar-refractivity contribution in [3.05, 3.63) is 40.9 Å². The summed E-state index contributed by atoms with van der Waals surface area (Å²) in [5.41, 5.74) is -0.169. The molecular formula is C17H20F3N3OS. The average Bonchev–Trinajstić information content (AvgIpc) is 3.02. The van der Waals surface area contributed by atoms with Gasteiger partial charge in [0.2, 0.25) is 0 Å². The summed E-state index contributed by atoms with van der Waals surface area (Å²) in [4.78, 5) is 18.4. The molecule has 1 heterocycles. The zero-order valence-electron chi connectivity index (χ0n) is 14.2. The molecule has 0 aliphatic carbocycles. The van der Waals surface area contributed by atoms with Gasteiger partial charge in [-0.1, -0.05) is 12.1 Å². The first-order valence-corrected chi connectivity index (χ1v) is 8.63. The van der Waals surface area contributed by atoms with Crippen LogP contribution in [0.1, 0.15) is 29.4 Å². The normalized spacial score (nSPS) is 13.1. The van der Waals surface area contributed by atoms with Gasteiger partial charge in [-0.15, -0.1) is 11.3 Å². The molecule has 2 aromatic rings. The number of rotatable bonds is 6. The van der Waals surface area contributed by atoms with Crippen LogP contribution in [-0.4, -0.2) is 42.5 Å². The summed E-state index contributed by atoms with van der Waals surface area (Å²) in [6.45, 7) is 2.75. The van der Waals surface area contributed by atoms with E-state index in [1.165, 1.54) is 6.07 Å². The van der Waals surface area contributed by atoms with Crippen LogP contribution in [0.15, 0.2) is 29.6 Å². The Morgan fingerprint density at radius 2 is 2.08 bits per heavy atom. The van der Waals surface area contributed by atoms with E-state index in [9.17, 15) is 18.0 Å². The molecule has 1 atom stereocenters. The van der Waals surface area contributed by atoms with Crippen molar-refractivity contribution in [1.29, 1.82) is 0 Å². The third kappa shape index (κ3) is 5.54. The van der Waals surface area contributed by atoms with Crippen LogP contribution in [0.25, 0.3) is 10.6 Å². The summed E-state index contributed by atoms with van der Waals surface area (Å²) < 4.78 is 38.4. The number of nitrogens with one attached hydrogen (secondary N) is 1. The molecule has 0 radical (unpaired) electrons. The van der Waals surface area contributed by atoms with Crippen molar-refractivity contribution in [2.24, 2.45) is 0 Å². The average molecular weight is 371 g/mol. The summed E-state index contributed by atoms with van der Waals surface area (Å²) >= 11 is 1.15. The van der Waals surface area contributed by atoms with Gasteiger partial charge in [0.1, 0.15) is 10.7 Å². The number of carbonyl (C=O) groups excluding carboxylic acids is 1. The lowest BCUT2D eigenvalue weighted by Crippen LogP contribution is -2.34. The van der Waals surface area contributed by atoms with Crippen LogP contribution in [0, 0.1) is 0 Å². The number of hydrogen-bond acceptors (Lipinski definition) is 4. The van der Waals surface area contributed by atoms with Gasteiger partial charge < -0.3 is 10.2 Å². The van der Waals surface area contributed by atoms with Crippen molar-refractivity contribution in [2.45, 2.75) is 25.6 Å². The second-order valence-corrected chi connectivity index (χ2v) is 6.94. The molecule has 1 aromatic carbocycles. The maximum Gasteiger partial charge on any atom is 0.416 e. The molecule has 0 fully saturated rings. The Kier molecular flexibility index (Phi) is 6.18. The van der Waals surface area contributed by atoms with E-state index in [-0.39, 0.29) is 17.6 Å². The number of aromatic nitrogens is 1. The van der Waals surface area contributed by atoms with Crippen molar-refractivity contribution < 1.29 is 18.0 Å². The third-order valence-electron chi connectivity index (χ3n) is 3.56. The van der Waals surface area contributed by atoms with E-state index in [4.69, 9.17) is 0 Å². The fourth-order valence-electron chi connectivity index (χ4n) is 2.16. The predicted octanol–water partition coefficient (Wildman–Crippen LogP) is 3.90. The first-order chi connectivity index (χ1) is 11.7. The number of carbonyl (C=O) groups is 1. The van der Waals surface area contributed by atoms with Crippen LogP contribution in [0.2, 0.25) is 0 Å². The number of nitrogens with zero attached hydrogens (tertiary/aromatic N) is 2. The molecule has 136 valence electrons. The van der Waals surface area contributed by atoms with E-state index in [1.54, 1.807) is 11.4 Å². The molecule has 4 nitrogen and oxygen atoms in total. The van der Waals surface area contributed by atoms with Gasteiger partial charge in [0.05, 0.1) is 5.56 Å². The smallest absolute Gasteiger partial charge is 0.348 e. The minimum absolute atomic E-state index is 0.0198. The number of alkyl halides is 3. The lowest BCUT2D eigenvalue weighted by atomic mass is 10.1. The lowest BCUT2D eigenvalue weighted by molar-refractivity contribution is -0.137. The quantitative estimate of drug-likeness (QED) is 0.838. The van der Waals surface area contributed by atoms with E-state index in [2.05, 4.69) is 10.3 Å². The highest BCUT2D eigenvalue weighted by Crippen LogP contribution is 2.33. The van der Waals surface area contributed by atoms with Crippen LogP contribution in [0.5, 0.6) is 0 Å². The van der Waals surface area contributed by atoms with E-state index < -0.39 is 11.7 Å². The molecule has 0 aliphatic heterocycles. The lowest BCUT2D eigenvalue weighted by Gasteiger charge is -2.16. The van der Waals surface area contributed by atoms with Gasteiger partial charge in [-0.25, -0.2) is 4.98 Å². The molecule has 0 saturated heterocycles. The Morgan fingerprint density at radius 1 is 1.36 bits per heavy atom. The van der Waals surface area contributed by atoms with Gasteiger partial charge in [-0.3, -0.25) is 4.79 Å². The predicted molar refractivity (Wildman–Crippen MR) is 92.7 cm³/mol. The molecule has 0 saturated carbocycles. The van der Waals surface area contributed by atoms with Crippen molar-refractivity contribution >= 4 is 17.2 Å². The van der Waals surface area contributed by atoms with Crippen molar-refractivity contribution in [3.8, 4) is 10.6 Å². The molecule has 2 rings (SSSR count). The summed E-state index contributed by atoms with van der Waals surface area (Å²) in [6.07, 6.45) is -3.61. The van der Waals surface area contributed by atoms with Crippen LogP contribution >= 0.6 is 11.3 Å². The van der Waals surface area contributed by atoms with E-state index in [0.717, 1.165) is 36.4 Å². The van der Waals surface area contributed by atoms with Crippen molar-refractivity contribution in [1.82, 2.24) is 15.2 Å². The van der Waals surface area contributed by atoms with Crippen LogP contribution in [0.3, 0.4) is 0 Å². The van der Waals surface area contributed by atoms with E-state index in [1.807, 2.05) is 25.9 Å². The maximum atomic E-state index is 12.8.